The molecular formula is C20H23ClN2OS. The number of anilines is 1. The van der Waals surface area contributed by atoms with E-state index in [2.05, 4.69) is 36.9 Å². The minimum Gasteiger partial charge on any atom is -0.367 e. The number of carbonyl (C=O) groups is 1. The first kappa shape index (κ1) is 18.2. The molecule has 2 aromatic carbocycles. The molecule has 1 fully saturated rings. The van der Waals surface area contributed by atoms with Gasteiger partial charge in [0.2, 0.25) is 5.91 Å². The Morgan fingerprint density at radius 3 is 2.48 bits per heavy atom. The molecular weight excluding hydrogens is 352 g/mol. The van der Waals surface area contributed by atoms with Crippen LogP contribution in [0.5, 0.6) is 0 Å². The maximum absolute atomic E-state index is 12.5. The fraction of sp³-hybridized carbons (Fsp3) is 0.350. The van der Waals surface area contributed by atoms with Gasteiger partial charge in [-0.3, -0.25) is 4.79 Å². The highest BCUT2D eigenvalue weighted by molar-refractivity contribution is 8.00. The van der Waals surface area contributed by atoms with Gasteiger partial charge in [0.15, 0.2) is 0 Å². The van der Waals surface area contributed by atoms with Crippen molar-refractivity contribution in [1.29, 1.82) is 0 Å². The van der Waals surface area contributed by atoms with Crippen LogP contribution in [-0.2, 0) is 4.79 Å². The predicted molar refractivity (Wildman–Crippen MR) is 107 cm³/mol. The van der Waals surface area contributed by atoms with Crippen molar-refractivity contribution in [1.82, 2.24) is 4.90 Å². The molecule has 1 heterocycles. The van der Waals surface area contributed by atoms with Crippen molar-refractivity contribution in [3.05, 3.63) is 58.6 Å². The van der Waals surface area contributed by atoms with Crippen LogP contribution < -0.4 is 4.90 Å². The van der Waals surface area contributed by atoms with E-state index in [-0.39, 0.29) is 5.91 Å². The Kier molecular flexibility index (Phi) is 5.92. The first-order valence-electron chi connectivity index (χ1n) is 8.52. The molecule has 0 unspecified atom stereocenters. The van der Waals surface area contributed by atoms with Crippen LogP contribution >= 0.6 is 23.4 Å². The number of rotatable bonds is 4. The van der Waals surface area contributed by atoms with Crippen molar-refractivity contribution in [2.45, 2.75) is 18.7 Å². The van der Waals surface area contributed by atoms with Crippen molar-refractivity contribution < 1.29 is 4.79 Å². The van der Waals surface area contributed by atoms with Gasteiger partial charge in [-0.05, 0) is 37.6 Å². The van der Waals surface area contributed by atoms with E-state index in [1.807, 2.05) is 29.2 Å². The third-order valence-corrected chi connectivity index (χ3v) is 5.99. The smallest absolute Gasteiger partial charge is 0.233 e. The van der Waals surface area contributed by atoms with Gasteiger partial charge in [-0.2, -0.15) is 0 Å². The summed E-state index contributed by atoms with van der Waals surface area (Å²) in [6.07, 6.45) is 0. The summed E-state index contributed by atoms with van der Waals surface area (Å²) in [7, 11) is 0. The normalized spacial score (nSPS) is 14.7. The molecule has 1 amide bonds. The number of aryl methyl sites for hydroxylation is 2. The Morgan fingerprint density at radius 2 is 1.80 bits per heavy atom. The minimum atomic E-state index is 0.212. The van der Waals surface area contributed by atoms with Gasteiger partial charge in [0.05, 0.1) is 16.5 Å². The summed E-state index contributed by atoms with van der Waals surface area (Å²) in [5.74, 6) is 0.708. The van der Waals surface area contributed by atoms with Gasteiger partial charge < -0.3 is 9.80 Å². The first-order valence-corrected chi connectivity index (χ1v) is 9.88. The van der Waals surface area contributed by atoms with Gasteiger partial charge in [-0.1, -0.05) is 41.4 Å². The fourth-order valence-corrected chi connectivity index (χ4v) is 4.26. The molecule has 0 bridgehead atoms. The number of benzene rings is 2. The number of hydrogen-bond acceptors (Lipinski definition) is 3. The summed E-state index contributed by atoms with van der Waals surface area (Å²) in [6, 6.07) is 14.3. The molecule has 1 saturated heterocycles. The molecule has 0 aliphatic carbocycles. The Labute approximate surface area is 159 Å². The monoisotopic (exact) mass is 374 g/mol. The number of carbonyl (C=O) groups excluding carboxylic acids is 1. The average molecular weight is 375 g/mol. The third kappa shape index (κ3) is 4.50. The van der Waals surface area contributed by atoms with E-state index in [0.29, 0.717) is 5.75 Å². The topological polar surface area (TPSA) is 23.6 Å². The lowest BCUT2D eigenvalue weighted by molar-refractivity contribution is -0.128. The summed E-state index contributed by atoms with van der Waals surface area (Å²) >= 11 is 7.91. The van der Waals surface area contributed by atoms with Crippen molar-refractivity contribution in [2.24, 2.45) is 0 Å². The van der Waals surface area contributed by atoms with Crippen molar-refractivity contribution in [3.63, 3.8) is 0 Å². The molecule has 25 heavy (non-hydrogen) atoms. The van der Waals surface area contributed by atoms with Crippen LogP contribution in [0.25, 0.3) is 0 Å². The van der Waals surface area contributed by atoms with E-state index in [1.54, 1.807) is 11.8 Å². The van der Waals surface area contributed by atoms with E-state index in [9.17, 15) is 4.79 Å². The van der Waals surface area contributed by atoms with Crippen LogP contribution in [0, 0.1) is 13.8 Å². The largest absolute Gasteiger partial charge is 0.367 e. The zero-order valence-corrected chi connectivity index (χ0v) is 16.2. The molecule has 0 aromatic heterocycles. The van der Waals surface area contributed by atoms with Crippen LogP contribution in [0.1, 0.15) is 11.1 Å². The Hall–Kier alpha value is -1.65. The highest BCUT2D eigenvalue weighted by atomic mass is 35.5. The lowest BCUT2D eigenvalue weighted by atomic mass is 10.2. The molecule has 2 aromatic rings. The molecule has 0 N–H and O–H groups in total. The molecule has 5 heteroatoms. The van der Waals surface area contributed by atoms with E-state index in [0.717, 1.165) is 36.9 Å². The highest BCUT2D eigenvalue weighted by Gasteiger charge is 2.22. The minimum absolute atomic E-state index is 0.212. The summed E-state index contributed by atoms with van der Waals surface area (Å²) in [5, 5.41) is 0.771. The highest BCUT2D eigenvalue weighted by Crippen LogP contribution is 2.27. The van der Waals surface area contributed by atoms with E-state index in [4.69, 9.17) is 11.6 Å². The molecule has 1 aliphatic rings. The van der Waals surface area contributed by atoms with E-state index < -0.39 is 0 Å². The number of thioether (sulfide) groups is 1. The first-order chi connectivity index (χ1) is 12.0. The van der Waals surface area contributed by atoms with E-state index >= 15 is 0 Å². The Balaban J connectivity index is 1.52. The summed E-state index contributed by atoms with van der Waals surface area (Å²) in [5.41, 5.74) is 3.55. The molecule has 132 valence electrons. The second kappa shape index (κ2) is 8.15. The standard InChI is InChI=1S/C20H23ClN2OS/c1-15-7-8-19(16(2)13-15)25-14-20(24)23-11-9-22(10-12-23)18-6-4-3-5-17(18)21/h3-8,13H,9-12,14H2,1-2H3. The fourth-order valence-electron chi connectivity index (χ4n) is 3.10. The number of halogens is 1. The summed E-state index contributed by atoms with van der Waals surface area (Å²) in [4.78, 5) is 17.9. The molecule has 3 nitrogen and oxygen atoms in total. The third-order valence-electron chi connectivity index (χ3n) is 4.51. The van der Waals surface area contributed by atoms with Gasteiger partial charge in [0.25, 0.3) is 0 Å². The van der Waals surface area contributed by atoms with Crippen LogP contribution in [0.4, 0.5) is 5.69 Å². The van der Waals surface area contributed by atoms with Crippen LogP contribution in [-0.4, -0.2) is 42.7 Å². The van der Waals surface area contributed by atoms with Gasteiger partial charge in [-0.25, -0.2) is 0 Å². The van der Waals surface area contributed by atoms with Gasteiger partial charge in [0, 0.05) is 31.1 Å². The molecule has 0 spiro atoms. The van der Waals surface area contributed by atoms with Crippen LogP contribution in [0.2, 0.25) is 5.02 Å². The molecule has 0 radical (unpaired) electrons. The lowest BCUT2D eigenvalue weighted by Crippen LogP contribution is -2.49. The Morgan fingerprint density at radius 1 is 1.08 bits per heavy atom. The van der Waals surface area contributed by atoms with Crippen LogP contribution in [0.15, 0.2) is 47.4 Å². The second-order valence-electron chi connectivity index (χ2n) is 6.38. The number of amides is 1. The molecule has 1 aliphatic heterocycles. The predicted octanol–water partition coefficient (Wildman–Crippen LogP) is 4.40. The quantitative estimate of drug-likeness (QED) is 0.741. The lowest BCUT2D eigenvalue weighted by Gasteiger charge is -2.36. The van der Waals surface area contributed by atoms with Crippen molar-refractivity contribution >= 4 is 35.0 Å². The van der Waals surface area contributed by atoms with E-state index in [1.165, 1.54) is 16.0 Å². The average Bonchev–Trinajstić information content (AvgIpc) is 2.61. The van der Waals surface area contributed by atoms with Crippen LogP contribution in [0.3, 0.4) is 0 Å². The number of nitrogens with zero attached hydrogens (tertiary/aromatic N) is 2. The van der Waals surface area contributed by atoms with Crippen molar-refractivity contribution in [2.75, 3.05) is 36.8 Å². The number of hydrogen-bond donors (Lipinski definition) is 0. The van der Waals surface area contributed by atoms with Gasteiger partial charge in [-0.15, -0.1) is 11.8 Å². The number of para-hydroxylation sites is 1. The maximum atomic E-state index is 12.5. The van der Waals surface area contributed by atoms with Gasteiger partial charge >= 0.3 is 0 Å². The van der Waals surface area contributed by atoms with Gasteiger partial charge in [0.1, 0.15) is 0 Å². The Bertz CT molecular complexity index is 757. The molecule has 0 saturated carbocycles. The zero-order chi connectivity index (χ0) is 17.8. The van der Waals surface area contributed by atoms with Crippen molar-refractivity contribution in [3.8, 4) is 0 Å². The maximum Gasteiger partial charge on any atom is 0.233 e. The number of piperazine rings is 1. The molecule has 3 rings (SSSR count). The summed E-state index contributed by atoms with van der Waals surface area (Å²) in [6.45, 7) is 7.33. The zero-order valence-electron chi connectivity index (χ0n) is 14.7. The second-order valence-corrected chi connectivity index (χ2v) is 7.80. The summed E-state index contributed by atoms with van der Waals surface area (Å²) < 4.78 is 0. The SMILES string of the molecule is Cc1ccc(SCC(=O)N2CCN(c3ccccc3Cl)CC2)c(C)c1. The molecule has 0 atom stereocenters.